The van der Waals surface area contributed by atoms with Crippen LogP contribution in [0.25, 0.3) is 20.4 Å². The Morgan fingerprint density at radius 2 is 1.66 bits per heavy atom. The molecular formula is C21H21ClN4OS2. The van der Waals surface area contributed by atoms with E-state index < -0.39 is 0 Å². The van der Waals surface area contributed by atoms with Gasteiger partial charge in [-0.25, -0.2) is 9.97 Å². The predicted octanol–water partition coefficient (Wildman–Crippen LogP) is 5.59. The first-order valence-corrected chi connectivity index (χ1v) is 11.7. The van der Waals surface area contributed by atoms with E-state index in [1.54, 1.807) is 22.7 Å². The van der Waals surface area contributed by atoms with Crippen molar-refractivity contribution in [1.29, 1.82) is 0 Å². The Hall–Kier alpha value is -2.09. The van der Waals surface area contributed by atoms with Gasteiger partial charge in [0.15, 0.2) is 10.3 Å². The lowest BCUT2D eigenvalue weighted by molar-refractivity contribution is 0.341. The van der Waals surface area contributed by atoms with E-state index in [-0.39, 0.29) is 0 Å². The van der Waals surface area contributed by atoms with Crippen LogP contribution in [0.2, 0.25) is 5.02 Å². The molecule has 1 aliphatic rings. The molecule has 0 unspecified atom stereocenters. The van der Waals surface area contributed by atoms with Crippen LogP contribution in [0.3, 0.4) is 0 Å². The molecule has 150 valence electrons. The highest BCUT2D eigenvalue weighted by molar-refractivity contribution is 7.22. The van der Waals surface area contributed by atoms with E-state index in [1.807, 2.05) is 32.0 Å². The molecule has 5 rings (SSSR count). The number of benzene rings is 2. The molecule has 1 aliphatic heterocycles. The molecule has 3 heterocycles. The maximum Gasteiger partial charge on any atom is 0.186 e. The molecule has 0 radical (unpaired) electrons. The Morgan fingerprint density at radius 3 is 2.38 bits per heavy atom. The summed E-state index contributed by atoms with van der Waals surface area (Å²) < 4.78 is 7.99. The molecule has 4 aromatic rings. The van der Waals surface area contributed by atoms with Crippen LogP contribution in [0, 0.1) is 6.92 Å². The fourth-order valence-electron chi connectivity index (χ4n) is 3.60. The van der Waals surface area contributed by atoms with Crippen LogP contribution in [0.1, 0.15) is 12.5 Å². The van der Waals surface area contributed by atoms with Gasteiger partial charge in [0.2, 0.25) is 0 Å². The Labute approximate surface area is 182 Å². The summed E-state index contributed by atoms with van der Waals surface area (Å²) >= 11 is 9.74. The van der Waals surface area contributed by atoms with Gasteiger partial charge in [-0.15, -0.1) is 0 Å². The molecule has 0 saturated carbocycles. The van der Waals surface area contributed by atoms with Crippen molar-refractivity contribution in [3.05, 3.63) is 40.9 Å². The number of anilines is 2. The van der Waals surface area contributed by atoms with Crippen molar-refractivity contribution in [2.24, 2.45) is 0 Å². The Balaban J connectivity index is 1.32. The average molecular weight is 445 g/mol. The topological polar surface area (TPSA) is 41.5 Å². The number of aromatic nitrogens is 2. The fourth-order valence-corrected chi connectivity index (χ4v) is 5.87. The molecule has 8 heteroatoms. The third-order valence-corrected chi connectivity index (χ3v) is 7.79. The summed E-state index contributed by atoms with van der Waals surface area (Å²) in [5.41, 5.74) is 3.12. The molecule has 1 fully saturated rings. The minimum absolute atomic E-state index is 0.677. The van der Waals surface area contributed by atoms with Gasteiger partial charge in [0.05, 0.1) is 27.0 Å². The van der Waals surface area contributed by atoms with Crippen molar-refractivity contribution >= 4 is 65.0 Å². The number of ether oxygens (including phenoxy) is 1. The largest absolute Gasteiger partial charge is 0.494 e. The monoisotopic (exact) mass is 444 g/mol. The lowest BCUT2D eigenvalue weighted by Gasteiger charge is -2.34. The molecule has 0 spiro atoms. The summed E-state index contributed by atoms with van der Waals surface area (Å²) in [5, 5.41) is 2.94. The van der Waals surface area contributed by atoms with Crippen LogP contribution in [0.4, 0.5) is 10.3 Å². The van der Waals surface area contributed by atoms with Crippen LogP contribution >= 0.6 is 34.3 Å². The van der Waals surface area contributed by atoms with Crippen molar-refractivity contribution in [3.63, 3.8) is 0 Å². The normalized spacial score (nSPS) is 14.9. The predicted molar refractivity (Wildman–Crippen MR) is 125 cm³/mol. The van der Waals surface area contributed by atoms with Crippen LogP contribution in [0.5, 0.6) is 5.75 Å². The second-order valence-electron chi connectivity index (χ2n) is 7.05. The molecule has 1 saturated heterocycles. The number of nitrogens with zero attached hydrogens (tertiary/aromatic N) is 4. The van der Waals surface area contributed by atoms with Crippen LogP contribution in [-0.4, -0.2) is 42.8 Å². The van der Waals surface area contributed by atoms with Crippen LogP contribution in [0.15, 0.2) is 30.3 Å². The maximum absolute atomic E-state index is 6.26. The summed E-state index contributed by atoms with van der Waals surface area (Å²) in [6, 6.07) is 10.2. The molecule has 0 atom stereocenters. The smallest absolute Gasteiger partial charge is 0.186 e. The zero-order valence-corrected chi connectivity index (χ0v) is 18.7. The standard InChI is InChI=1S/C21H21ClN4OS2/c1-3-27-14-4-6-16-18(12-14)29-20(23-16)25-8-10-26(11-9-25)21-24-19-13(2)15(22)5-7-17(19)28-21/h4-7,12H,3,8-11H2,1-2H3. The van der Waals surface area contributed by atoms with E-state index >= 15 is 0 Å². The Kier molecular flexibility index (Phi) is 4.97. The van der Waals surface area contributed by atoms with Crippen LogP contribution in [-0.2, 0) is 0 Å². The molecule has 0 bridgehead atoms. The van der Waals surface area contributed by atoms with Crippen LogP contribution < -0.4 is 14.5 Å². The summed E-state index contributed by atoms with van der Waals surface area (Å²) in [7, 11) is 0. The van der Waals surface area contributed by atoms with E-state index in [0.29, 0.717) is 6.61 Å². The SMILES string of the molecule is CCOc1ccc2nc(N3CCN(c4nc5c(C)c(Cl)ccc5s4)CC3)sc2c1. The summed E-state index contributed by atoms with van der Waals surface area (Å²) in [4.78, 5) is 14.4. The van der Waals surface area contributed by atoms with E-state index in [0.717, 1.165) is 63.8 Å². The minimum Gasteiger partial charge on any atom is -0.494 e. The fraction of sp³-hybridized carbons (Fsp3) is 0.333. The number of aryl methyl sites for hydroxylation is 1. The first-order valence-electron chi connectivity index (χ1n) is 9.71. The minimum atomic E-state index is 0.677. The summed E-state index contributed by atoms with van der Waals surface area (Å²) in [6.07, 6.45) is 0. The first kappa shape index (κ1) is 18.9. The van der Waals surface area contributed by atoms with Gasteiger partial charge in [-0.05, 0) is 49.7 Å². The van der Waals surface area contributed by atoms with Crippen molar-refractivity contribution in [1.82, 2.24) is 9.97 Å². The number of piperazine rings is 1. The number of halogens is 1. The van der Waals surface area contributed by atoms with Gasteiger partial charge in [-0.3, -0.25) is 0 Å². The second-order valence-corrected chi connectivity index (χ2v) is 9.47. The molecule has 5 nitrogen and oxygen atoms in total. The van der Waals surface area contributed by atoms with Crippen molar-refractivity contribution in [2.75, 3.05) is 42.6 Å². The quantitative estimate of drug-likeness (QED) is 0.410. The molecule has 2 aromatic heterocycles. The number of hydrogen-bond donors (Lipinski definition) is 0. The first-order chi connectivity index (χ1) is 14.1. The summed E-state index contributed by atoms with van der Waals surface area (Å²) in [5.74, 6) is 0.909. The van der Waals surface area contributed by atoms with Gasteiger partial charge in [-0.1, -0.05) is 34.3 Å². The molecule has 0 amide bonds. The third kappa shape index (κ3) is 3.52. The Morgan fingerprint density at radius 1 is 0.966 bits per heavy atom. The second kappa shape index (κ2) is 7.63. The third-order valence-electron chi connectivity index (χ3n) is 5.22. The van der Waals surface area contributed by atoms with Crippen molar-refractivity contribution < 1.29 is 4.74 Å². The average Bonchev–Trinajstić information content (AvgIpc) is 3.36. The van der Waals surface area contributed by atoms with Gasteiger partial charge in [0.25, 0.3) is 0 Å². The van der Waals surface area contributed by atoms with Gasteiger partial charge < -0.3 is 14.5 Å². The molecule has 29 heavy (non-hydrogen) atoms. The molecule has 0 aliphatic carbocycles. The number of fused-ring (bicyclic) bond motifs is 2. The zero-order chi connectivity index (χ0) is 20.0. The highest BCUT2D eigenvalue weighted by atomic mass is 35.5. The maximum atomic E-state index is 6.26. The van der Waals surface area contributed by atoms with E-state index in [4.69, 9.17) is 26.3 Å². The number of rotatable bonds is 4. The molecular weight excluding hydrogens is 424 g/mol. The number of thiazole rings is 2. The van der Waals surface area contributed by atoms with E-state index in [1.165, 1.54) is 9.40 Å². The number of hydrogen-bond acceptors (Lipinski definition) is 7. The van der Waals surface area contributed by atoms with E-state index in [2.05, 4.69) is 21.9 Å². The molecule has 0 N–H and O–H groups in total. The van der Waals surface area contributed by atoms with Gasteiger partial charge in [0.1, 0.15) is 5.75 Å². The van der Waals surface area contributed by atoms with Gasteiger partial charge >= 0.3 is 0 Å². The highest BCUT2D eigenvalue weighted by Crippen LogP contribution is 2.35. The van der Waals surface area contributed by atoms with Crippen molar-refractivity contribution in [2.45, 2.75) is 13.8 Å². The van der Waals surface area contributed by atoms with Gasteiger partial charge in [0, 0.05) is 31.2 Å². The summed E-state index contributed by atoms with van der Waals surface area (Å²) in [6.45, 7) is 8.47. The van der Waals surface area contributed by atoms with E-state index in [9.17, 15) is 0 Å². The Bertz CT molecular complexity index is 1180. The van der Waals surface area contributed by atoms with Crippen molar-refractivity contribution in [3.8, 4) is 5.75 Å². The van der Waals surface area contributed by atoms with Gasteiger partial charge in [-0.2, -0.15) is 0 Å². The lowest BCUT2D eigenvalue weighted by atomic mass is 10.2. The zero-order valence-electron chi connectivity index (χ0n) is 16.3. The lowest BCUT2D eigenvalue weighted by Crippen LogP contribution is -2.46. The molecule has 2 aromatic carbocycles. The highest BCUT2D eigenvalue weighted by Gasteiger charge is 2.22.